The summed E-state index contributed by atoms with van der Waals surface area (Å²) in [5.74, 6) is -1.04. The first-order valence-electron chi connectivity index (χ1n) is 3.24. The van der Waals surface area contributed by atoms with Crippen molar-refractivity contribution in [3.8, 4) is 0 Å². The lowest BCUT2D eigenvalue weighted by molar-refractivity contribution is -0.131. The van der Waals surface area contributed by atoms with Gasteiger partial charge < -0.3 is 5.11 Å². The summed E-state index contributed by atoms with van der Waals surface area (Å²) in [6, 6.07) is 3.49. The monoisotopic (exact) mass is 181 g/mol. The van der Waals surface area contributed by atoms with Crippen molar-refractivity contribution in [1.82, 2.24) is 4.98 Å². The predicted octanol–water partition coefficient (Wildman–Crippen LogP) is 1.44. The normalized spacial score (nSPS) is 11.2. The van der Waals surface area contributed by atoms with Crippen LogP contribution in [0.25, 0.3) is 6.08 Å². The van der Waals surface area contributed by atoms with Crippen molar-refractivity contribution in [2.75, 3.05) is 0 Å². The van der Waals surface area contributed by atoms with Crippen LogP contribution in [0.5, 0.6) is 0 Å². The lowest BCUT2D eigenvalue weighted by atomic mass is 10.2. The molecular weight excluding hydrogens is 174 g/mol. The van der Waals surface area contributed by atoms with Gasteiger partial charge in [0.1, 0.15) is 0 Å². The minimum Gasteiger partial charge on any atom is -0.477 e. The van der Waals surface area contributed by atoms with Gasteiger partial charge in [0, 0.05) is 12.4 Å². The maximum absolute atomic E-state index is 10.3. The van der Waals surface area contributed by atoms with E-state index >= 15 is 0 Å². The summed E-state index contributed by atoms with van der Waals surface area (Å²) < 4.78 is 0. The van der Waals surface area contributed by atoms with Crippen LogP contribution in [-0.2, 0) is 4.79 Å². The number of thiol groups is 1. The van der Waals surface area contributed by atoms with Crippen molar-refractivity contribution in [3.05, 3.63) is 35.0 Å². The van der Waals surface area contributed by atoms with Crippen molar-refractivity contribution in [2.24, 2.45) is 0 Å². The number of aliphatic carboxylic acids is 1. The Labute approximate surface area is 75.2 Å². The highest BCUT2D eigenvalue weighted by Crippen LogP contribution is 2.07. The van der Waals surface area contributed by atoms with Crippen molar-refractivity contribution < 1.29 is 9.90 Å². The summed E-state index contributed by atoms with van der Waals surface area (Å²) in [6.07, 6.45) is 4.63. The molecular formula is C8H7NO2S. The largest absolute Gasteiger partial charge is 0.477 e. The molecule has 4 heteroatoms. The molecule has 0 atom stereocenters. The second-order valence-corrected chi connectivity index (χ2v) is 2.60. The van der Waals surface area contributed by atoms with Gasteiger partial charge in [-0.1, -0.05) is 6.07 Å². The predicted molar refractivity (Wildman–Crippen MR) is 48.8 cm³/mol. The SMILES string of the molecule is O=C(O)C(S)=Cc1cccnc1. The second kappa shape index (κ2) is 3.92. The Kier molecular flexibility index (Phi) is 2.88. The van der Waals surface area contributed by atoms with Crippen LogP contribution in [0.4, 0.5) is 0 Å². The van der Waals surface area contributed by atoms with Crippen LogP contribution in [0, 0.1) is 0 Å². The van der Waals surface area contributed by atoms with Gasteiger partial charge >= 0.3 is 5.97 Å². The number of carbonyl (C=O) groups is 1. The first kappa shape index (κ1) is 8.80. The molecule has 0 amide bonds. The van der Waals surface area contributed by atoms with E-state index in [4.69, 9.17) is 5.11 Å². The molecule has 0 aliphatic heterocycles. The van der Waals surface area contributed by atoms with Gasteiger partial charge in [-0.2, -0.15) is 0 Å². The lowest BCUT2D eigenvalue weighted by Crippen LogP contribution is -1.93. The van der Waals surface area contributed by atoms with E-state index in [2.05, 4.69) is 17.6 Å². The Hall–Kier alpha value is -1.29. The van der Waals surface area contributed by atoms with Gasteiger partial charge in [-0.25, -0.2) is 4.79 Å². The summed E-state index contributed by atoms with van der Waals surface area (Å²) >= 11 is 3.77. The zero-order chi connectivity index (χ0) is 8.97. The summed E-state index contributed by atoms with van der Waals surface area (Å²) in [4.78, 5) is 14.2. The molecule has 1 aromatic rings. The average Bonchev–Trinajstić information content (AvgIpc) is 2.06. The highest BCUT2D eigenvalue weighted by Gasteiger charge is 1.99. The van der Waals surface area contributed by atoms with Crippen molar-refractivity contribution in [1.29, 1.82) is 0 Å². The molecule has 0 unspecified atom stereocenters. The molecule has 0 spiro atoms. The maximum atomic E-state index is 10.3. The van der Waals surface area contributed by atoms with Crippen LogP contribution in [0.2, 0.25) is 0 Å². The van der Waals surface area contributed by atoms with E-state index in [9.17, 15) is 4.79 Å². The van der Waals surface area contributed by atoms with Crippen molar-refractivity contribution in [3.63, 3.8) is 0 Å². The number of carboxylic acid groups (broad SMARTS) is 1. The van der Waals surface area contributed by atoms with Gasteiger partial charge in [-0.05, 0) is 17.7 Å². The molecule has 0 aliphatic carbocycles. The number of hydrogen-bond acceptors (Lipinski definition) is 3. The van der Waals surface area contributed by atoms with E-state index in [1.54, 1.807) is 24.5 Å². The van der Waals surface area contributed by atoms with E-state index in [1.807, 2.05) is 0 Å². The summed E-state index contributed by atoms with van der Waals surface area (Å²) in [7, 11) is 0. The van der Waals surface area contributed by atoms with Gasteiger partial charge in [0.2, 0.25) is 0 Å². The van der Waals surface area contributed by atoms with Crippen LogP contribution in [0.1, 0.15) is 5.56 Å². The third-order valence-electron chi connectivity index (χ3n) is 1.21. The highest BCUT2D eigenvalue weighted by molar-refractivity contribution is 7.85. The molecule has 0 saturated heterocycles. The third kappa shape index (κ3) is 2.39. The number of aromatic nitrogens is 1. The van der Waals surface area contributed by atoms with Crippen LogP contribution >= 0.6 is 12.6 Å². The van der Waals surface area contributed by atoms with Gasteiger partial charge in [-0.15, -0.1) is 12.6 Å². The Balaban J connectivity index is 2.89. The smallest absolute Gasteiger partial charge is 0.341 e. The van der Waals surface area contributed by atoms with Gasteiger partial charge in [0.05, 0.1) is 4.91 Å². The van der Waals surface area contributed by atoms with Crippen LogP contribution in [0.3, 0.4) is 0 Å². The van der Waals surface area contributed by atoms with Crippen molar-refractivity contribution >= 4 is 24.7 Å². The van der Waals surface area contributed by atoms with E-state index in [0.717, 1.165) is 5.56 Å². The van der Waals surface area contributed by atoms with Gasteiger partial charge in [-0.3, -0.25) is 4.98 Å². The molecule has 12 heavy (non-hydrogen) atoms. The molecule has 1 aromatic heterocycles. The first-order valence-corrected chi connectivity index (χ1v) is 3.69. The van der Waals surface area contributed by atoms with E-state index in [0.29, 0.717) is 0 Å². The van der Waals surface area contributed by atoms with Crippen LogP contribution in [-0.4, -0.2) is 16.1 Å². The number of rotatable bonds is 2. The Morgan fingerprint density at radius 2 is 2.42 bits per heavy atom. The molecule has 62 valence electrons. The second-order valence-electron chi connectivity index (χ2n) is 2.12. The Morgan fingerprint density at radius 3 is 2.92 bits per heavy atom. The number of nitrogens with zero attached hydrogens (tertiary/aromatic N) is 1. The molecule has 0 bridgehead atoms. The van der Waals surface area contributed by atoms with Crippen LogP contribution in [0.15, 0.2) is 29.4 Å². The lowest BCUT2D eigenvalue weighted by Gasteiger charge is -1.92. The average molecular weight is 181 g/mol. The molecule has 0 radical (unpaired) electrons. The zero-order valence-corrected chi connectivity index (χ0v) is 7.03. The summed E-state index contributed by atoms with van der Waals surface area (Å²) in [5, 5.41) is 8.48. The fourth-order valence-electron chi connectivity index (χ4n) is 0.681. The topological polar surface area (TPSA) is 50.2 Å². The first-order chi connectivity index (χ1) is 5.70. The molecule has 0 fully saturated rings. The Bertz CT molecular complexity index is 308. The molecule has 1 heterocycles. The van der Waals surface area contributed by atoms with Gasteiger partial charge in [0.15, 0.2) is 0 Å². The molecule has 1 rings (SSSR count). The number of pyridine rings is 1. The molecule has 0 saturated carbocycles. The molecule has 1 N–H and O–H groups in total. The van der Waals surface area contributed by atoms with E-state index < -0.39 is 5.97 Å². The van der Waals surface area contributed by atoms with Crippen LogP contribution < -0.4 is 0 Å². The molecule has 0 aromatic carbocycles. The van der Waals surface area contributed by atoms with E-state index in [1.165, 1.54) is 6.08 Å². The van der Waals surface area contributed by atoms with E-state index in [-0.39, 0.29) is 4.91 Å². The standard InChI is InChI=1S/C8H7NO2S/c10-8(11)7(12)4-6-2-1-3-9-5-6/h1-5,12H,(H,10,11). The highest BCUT2D eigenvalue weighted by atomic mass is 32.1. The minimum absolute atomic E-state index is 0.00278. The number of carboxylic acids is 1. The zero-order valence-electron chi connectivity index (χ0n) is 6.14. The maximum Gasteiger partial charge on any atom is 0.341 e. The van der Waals surface area contributed by atoms with Gasteiger partial charge in [0.25, 0.3) is 0 Å². The minimum atomic E-state index is -1.04. The fraction of sp³-hybridized carbons (Fsp3) is 0. The summed E-state index contributed by atoms with van der Waals surface area (Å²) in [6.45, 7) is 0. The third-order valence-corrected chi connectivity index (χ3v) is 1.53. The van der Waals surface area contributed by atoms with Crippen molar-refractivity contribution in [2.45, 2.75) is 0 Å². The molecule has 3 nitrogen and oxygen atoms in total. The quantitative estimate of drug-likeness (QED) is 0.536. The molecule has 0 aliphatic rings. The summed E-state index contributed by atoms with van der Waals surface area (Å²) in [5.41, 5.74) is 0.727. The fourth-order valence-corrected chi connectivity index (χ4v) is 0.830. The number of hydrogen-bond donors (Lipinski definition) is 2. The Morgan fingerprint density at radius 1 is 1.67 bits per heavy atom.